The molecule has 0 bridgehead atoms. The first-order chi connectivity index (χ1) is 15.3. The van der Waals surface area contributed by atoms with Crippen LogP contribution in [0.15, 0.2) is 36.4 Å². The summed E-state index contributed by atoms with van der Waals surface area (Å²) in [5.74, 6) is 0.0215. The first-order valence-corrected chi connectivity index (χ1v) is 9.10. The minimum Gasteiger partial charge on any atom is -0.496 e. The second-order valence-corrected chi connectivity index (χ2v) is 6.08. The molecule has 0 saturated carbocycles. The minimum atomic E-state index is -0.804. The molecule has 32 heavy (non-hydrogen) atoms. The predicted octanol–water partition coefficient (Wildman–Crippen LogP) is 2.82. The number of nitro groups is 1. The number of rotatable bonds is 10. The third kappa shape index (κ3) is 6.11. The molecule has 0 aliphatic rings. The molecule has 0 heterocycles. The second-order valence-electron chi connectivity index (χ2n) is 6.08. The largest absolute Gasteiger partial charge is 0.496 e. The number of benzene rings is 2. The number of nitro benzene ring substituents is 1. The van der Waals surface area contributed by atoms with E-state index in [0.717, 1.165) is 6.08 Å². The summed E-state index contributed by atoms with van der Waals surface area (Å²) >= 11 is 0. The molecule has 0 saturated heterocycles. The van der Waals surface area contributed by atoms with Gasteiger partial charge in [-0.1, -0.05) is 0 Å². The van der Waals surface area contributed by atoms with E-state index in [1.165, 1.54) is 52.7 Å². The van der Waals surface area contributed by atoms with Crippen molar-refractivity contribution >= 4 is 29.3 Å². The summed E-state index contributed by atoms with van der Waals surface area (Å²) in [6, 6.07) is 7.14. The zero-order valence-corrected chi connectivity index (χ0v) is 17.9. The fourth-order valence-corrected chi connectivity index (χ4v) is 2.61. The van der Waals surface area contributed by atoms with Crippen LogP contribution in [0.25, 0.3) is 6.08 Å². The molecule has 11 heteroatoms. The Morgan fingerprint density at radius 1 is 0.969 bits per heavy atom. The van der Waals surface area contributed by atoms with Gasteiger partial charge in [0, 0.05) is 17.7 Å². The number of ether oxygens (including phenoxy) is 5. The Morgan fingerprint density at radius 2 is 1.62 bits per heavy atom. The lowest BCUT2D eigenvalue weighted by atomic mass is 10.1. The lowest BCUT2D eigenvalue weighted by molar-refractivity contribution is -0.384. The quantitative estimate of drug-likeness (QED) is 0.253. The van der Waals surface area contributed by atoms with E-state index in [2.05, 4.69) is 5.32 Å². The monoisotopic (exact) mass is 446 g/mol. The van der Waals surface area contributed by atoms with Crippen molar-refractivity contribution in [2.24, 2.45) is 0 Å². The highest BCUT2D eigenvalue weighted by Gasteiger charge is 2.18. The lowest BCUT2D eigenvalue weighted by Gasteiger charge is -2.12. The summed E-state index contributed by atoms with van der Waals surface area (Å²) in [5.41, 5.74) is 0.104. The molecule has 0 aliphatic heterocycles. The maximum Gasteiger partial charge on any atom is 0.331 e. The standard InChI is InChI=1S/C21H22N2O9/c1-28-14-6-7-15(16(10-14)23(26)27)22-20(24)12-32-21(25)8-5-13-9-18(30-3)19(31-4)11-17(13)29-2/h5-11H,12H2,1-4H3,(H,22,24)/b8-5+. The van der Waals surface area contributed by atoms with Crippen LogP contribution in [0.2, 0.25) is 0 Å². The fourth-order valence-electron chi connectivity index (χ4n) is 2.61. The molecular weight excluding hydrogens is 424 g/mol. The van der Waals surface area contributed by atoms with Crippen LogP contribution in [0.1, 0.15) is 5.56 Å². The van der Waals surface area contributed by atoms with Crippen LogP contribution in [-0.2, 0) is 14.3 Å². The minimum absolute atomic E-state index is 0.0533. The molecule has 0 aromatic heterocycles. The Morgan fingerprint density at radius 3 is 2.22 bits per heavy atom. The first-order valence-electron chi connectivity index (χ1n) is 9.10. The average molecular weight is 446 g/mol. The van der Waals surface area contributed by atoms with Crippen LogP contribution in [0.5, 0.6) is 23.0 Å². The first kappa shape index (κ1) is 24.0. The van der Waals surface area contributed by atoms with Crippen LogP contribution in [-0.4, -0.2) is 51.8 Å². The molecule has 0 aliphatic carbocycles. The van der Waals surface area contributed by atoms with Crippen LogP contribution < -0.4 is 24.3 Å². The van der Waals surface area contributed by atoms with Gasteiger partial charge in [-0.3, -0.25) is 14.9 Å². The van der Waals surface area contributed by atoms with Crippen LogP contribution in [0, 0.1) is 10.1 Å². The summed E-state index contributed by atoms with van der Waals surface area (Å²) in [5, 5.41) is 13.5. The Balaban J connectivity index is 2.02. The number of carbonyl (C=O) groups excluding carboxylic acids is 2. The third-order valence-corrected chi connectivity index (χ3v) is 4.16. The molecule has 0 fully saturated rings. The number of amides is 1. The summed E-state index contributed by atoms with van der Waals surface area (Å²) in [6.07, 6.45) is 2.53. The van der Waals surface area contributed by atoms with Crippen LogP contribution >= 0.6 is 0 Å². The summed E-state index contributed by atoms with van der Waals surface area (Å²) in [6.45, 7) is -0.643. The van der Waals surface area contributed by atoms with Crippen molar-refractivity contribution in [3.8, 4) is 23.0 Å². The number of anilines is 1. The van der Waals surface area contributed by atoms with Crippen LogP contribution in [0.4, 0.5) is 11.4 Å². The number of esters is 1. The van der Waals surface area contributed by atoms with E-state index in [1.807, 2.05) is 0 Å². The average Bonchev–Trinajstić information content (AvgIpc) is 2.80. The lowest BCUT2D eigenvalue weighted by Crippen LogP contribution is -2.20. The number of carbonyl (C=O) groups is 2. The Kier molecular flexibility index (Phi) is 8.40. The third-order valence-electron chi connectivity index (χ3n) is 4.16. The molecule has 0 unspecified atom stereocenters. The molecule has 2 rings (SSSR count). The van der Waals surface area contributed by atoms with Gasteiger partial charge in [0.15, 0.2) is 18.1 Å². The molecule has 0 atom stereocenters. The van der Waals surface area contributed by atoms with Crippen molar-refractivity contribution in [2.75, 3.05) is 40.4 Å². The number of hydrogen-bond donors (Lipinski definition) is 1. The van der Waals surface area contributed by atoms with E-state index in [9.17, 15) is 19.7 Å². The summed E-state index contributed by atoms with van der Waals surface area (Å²) in [4.78, 5) is 34.6. The van der Waals surface area contributed by atoms with Gasteiger partial charge in [0.05, 0.1) is 39.4 Å². The predicted molar refractivity (Wildman–Crippen MR) is 114 cm³/mol. The maximum atomic E-state index is 12.1. The van der Waals surface area contributed by atoms with Gasteiger partial charge >= 0.3 is 5.97 Å². The smallest absolute Gasteiger partial charge is 0.331 e. The van der Waals surface area contributed by atoms with Crippen molar-refractivity contribution in [3.05, 3.63) is 52.1 Å². The fraction of sp³-hybridized carbons (Fsp3) is 0.238. The van der Waals surface area contributed by atoms with E-state index in [0.29, 0.717) is 22.8 Å². The van der Waals surface area contributed by atoms with Gasteiger partial charge in [-0.05, 0) is 24.3 Å². The summed E-state index contributed by atoms with van der Waals surface area (Å²) < 4.78 is 25.5. The summed E-state index contributed by atoms with van der Waals surface area (Å²) in [7, 11) is 5.77. The molecule has 1 amide bonds. The maximum absolute atomic E-state index is 12.1. The second kappa shape index (κ2) is 11.2. The molecular formula is C21H22N2O9. The van der Waals surface area contributed by atoms with E-state index < -0.39 is 23.4 Å². The van der Waals surface area contributed by atoms with Gasteiger partial charge in [0.2, 0.25) is 0 Å². The molecule has 2 aromatic carbocycles. The molecule has 11 nitrogen and oxygen atoms in total. The van der Waals surface area contributed by atoms with Gasteiger partial charge < -0.3 is 29.0 Å². The Bertz CT molecular complexity index is 1030. The van der Waals surface area contributed by atoms with Crippen molar-refractivity contribution in [1.29, 1.82) is 0 Å². The van der Waals surface area contributed by atoms with Crippen molar-refractivity contribution in [2.45, 2.75) is 0 Å². The zero-order valence-electron chi connectivity index (χ0n) is 17.9. The van der Waals surface area contributed by atoms with Gasteiger partial charge in [0.1, 0.15) is 17.2 Å². The van der Waals surface area contributed by atoms with E-state index >= 15 is 0 Å². The van der Waals surface area contributed by atoms with Crippen molar-refractivity contribution in [1.82, 2.24) is 0 Å². The Labute approximate surface area is 183 Å². The number of nitrogens with zero attached hydrogens (tertiary/aromatic N) is 1. The van der Waals surface area contributed by atoms with Gasteiger partial charge in [-0.15, -0.1) is 0 Å². The molecule has 0 radical (unpaired) electrons. The van der Waals surface area contributed by atoms with Gasteiger partial charge in [-0.2, -0.15) is 0 Å². The zero-order chi connectivity index (χ0) is 23.7. The molecule has 170 valence electrons. The molecule has 0 spiro atoms. The van der Waals surface area contributed by atoms with E-state index in [1.54, 1.807) is 12.1 Å². The SMILES string of the molecule is COc1ccc(NC(=O)COC(=O)/C=C/c2cc(OC)c(OC)cc2OC)c([N+](=O)[O-])c1. The number of hydrogen-bond acceptors (Lipinski definition) is 9. The number of methoxy groups -OCH3 is 4. The highest BCUT2D eigenvalue weighted by atomic mass is 16.6. The highest BCUT2D eigenvalue weighted by Crippen LogP contribution is 2.35. The van der Waals surface area contributed by atoms with E-state index in [-0.39, 0.29) is 17.1 Å². The number of nitrogens with one attached hydrogen (secondary N) is 1. The van der Waals surface area contributed by atoms with Crippen LogP contribution in [0.3, 0.4) is 0 Å². The molecule has 1 N–H and O–H groups in total. The van der Waals surface area contributed by atoms with Crippen molar-refractivity contribution < 1.29 is 38.2 Å². The normalized spacial score (nSPS) is 10.4. The van der Waals surface area contributed by atoms with Gasteiger partial charge in [0.25, 0.3) is 11.6 Å². The Hall–Kier alpha value is -4.28. The van der Waals surface area contributed by atoms with Crippen molar-refractivity contribution in [3.63, 3.8) is 0 Å². The topological polar surface area (TPSA) is 135 Å². The highest BCUT2D eigenvalue weighted by molar-refractivity contribution is 5.96. The van der Waals surface area contributed by atoms with Gasteiger partial charge in [-0.25, -0.2) is 4.79 Å². The molecule has 2 aromatic rings. The van der Waals surface area contributed by atoms with E-state index in [4.69, 9.17) is 23.7 Å².